The van der Waals surface area contributed by atoms with Crippen molar-refractivity contribution in [3.05, 3.63) is 41.6 Å². The van der Waals surface area contributed by atoms with Gasteiger partial charge in [0.1, 0.15) is 5.58 Å². The van der Waals surface area contributed by atoms with Crippen LogP contribution >= 0.6 is 12.6 Å². The number of rotatable bonds is 3. The molecule has 1 aromatic carbocycles. The van der Waals surface area contributed by atoms with E-state index in [1.54, 1.807) is 6.26 Å². The number of thiol groups is 1. The standard InChI is InChI=1S/C17H21BO3S/c1-16(2)17(3,4)21-18(20-16)13(11-22)9-12-10-19-15-8-6-5-7-14(12)15/h5-10,22H,11H2,1-4H3. The lowest BCUT2D eigenvalue weighted by molar-refractivity contribution is 0.00578. The van der Waals surface area contributed by atoms with Crippen LogP contribution in [0.5, 0.6) is 0 Å². The summed E-state index contributed by atoms with van der Waals surface area (Å²) in [7, 11) is -0.379. The quantitative estimate of drug-likeness (QED) is 0.674. The lowest BCUT2D eigenvalue weighted by atomic mass is 9.78. The van der Waals surface area contributed by atoms with Crippen LogP contribution in [0.2, 0.25) is 0 Å². The molecule has 3 nitrogen and oxygen atoms in total. The summed E-state index contributed by atoms with van der Waals surface area (Å²) in [6.45, 7) is 8.21. The first-order valence-electron chi connectivity index (χ1n) is 7.47. The van der Waals surface area contributed by atoms with Crippen LogP contribution in [-0.4, -0.2) is 24.1 Å². The molecule has 1 fully saturated rings. The molecular formula is C17H21BO3S. The zero-order valence-electron chi connectivity index (χ0n) is 13.4. The van der Waals surface area contributed by atoms with Gasteiger partial charge >= 0.3 is 7.12 Å². The highest BCUT2D eigenvalue weighted by Crippen LogP contribution is 2.39. The van der Waals surface area contributed by atoms with E-state index in [0.717, 1.165) is 22.0 Å². The average Bonchev–Trinajstić information content (AvgIpc) is 2.95. The van der Waals surface area contributed by atoms with Crippen LogP contribution in [0.3, 0.4) is 0 Å². The predicted octanol–water partition coefficient (Wildman–Crippen LogP) is 4.38. The molecule has 2 heterocycles. The Hall–Kier alpha value is -1.17. The molecular weight excluding hydrogens is 295 g/mol. The molecule has 0 bridgehead atoms. The molecule has 2 aromatic rings. The Morgan fingerprint density at radius 2 is 1.77 bits per heavy atom. The Balaban J connectivity index is 1.95. The van der Waals surface area contributed by atoms with Crippen molar-refractivity contribution in [3.63, 3.8) is 0 Å². The van der Waals surface area contributed by atoms with E-state index in [9.17, 15) is 0 Å². The summed E-state index contributed by atoms with van der Waals surface area (Å²) in [6.07, 6.45) is 3.82. The van der Waals surface area contributed by atoms with Gasteiger partial charge in [-0.05, 0) is 39.2 Å². The third kappa shape index (κ3) is 2.62. The maximum atomic E-state index is 6.11. The Kier molecular flexibility index (Phi) is 3.92. The van der Waals surface area contributed by atoms with Crippen LogP contribution in [0.15, 0.2) is 40.4 Å². The maximum Gasteiger partial charge on any atom is 0.491 e. The fourth-order valence-electron chi connectivity index (χ4n) is 2.49. The minimum atomic E-state index is -0.379. The highest BCUT2D eigenvalue weighted by atomic mass is 32.1. The summed E-state index contributed by atoms with van der Waals surface area (Å²) in [5.74, 6) is 0.566. The zero-order chi connectivity index (χ0) is 16.0. The second kappa shape index (κ2) is 5.48. The second-order valence-corrected chi connectivity index (χ2v) is 6.97. The van der Waals surface area contributed by atoms with Crippen molar-refractivity contribution in [2.24, 2.45) is 0 Å². The van der Waals surface area contributed by atoms with Crippen molar-refractivity contribution in [2.45, 2.75) is 38.9 Å². The molecule has 1 aliphatic rings. The topological polar surface area (TPSA) is 31.6 Å². The van der Waals surface area contributed by atoms with E-state index < -0.39 is 0 Å². The van der Waals surface area contributed by atoms with Crippen molar-refractivity contribution in [3.8, 4) is 0 Å². The first-order chi connectivity index (χ1) is 10.3. The van der Waals surface area contributed by atoms with Gasteiger partial charge in [-0.1, -0.05) is 24.3 Å². The van der Waals surface area contributed by atoms with E-state index in [-0.39, 0.29) is 18.3 Å². The number of hydrogen-bond acceptors (Lipinski definition) is 4. The van der Waals surface area contributed by atoms with Crippen LogP contribution in [0.25, 0.3) is 17.0 Å². The van der Waals surface area contributed by atoms with E-state index in [1.807, 2.05) is 24.3 Å². The number of benzene rings is 1. The molecule has 116 valence electrons. The molecule has 1 aliphatic heterocycles. The van der Waals surface area contributed by atoms with E-state index >= 15 is 0 Å². The molecule has 3 rings (SSSR count). The van der Waals surface area contributed by atoms with Gasteiger partial charge in [0.15, 0.2) is 0 Å². The van der Waals surface area contributed by atoms with E-state index in [4.69, 9.17) is 13.7 Å². The molecule has 1 saturated heterocycles. The van der Waals surface area contributed by atoms with E-state index in [1.165, 1.54) is 0 Å². The Morgan fingerprint density at radius 3 is 2.41 bits per heavy atom. The van der Waals surface area contributed by atoms with Crippen LogP contribution in [0.1, 0.15) is 33.3 Å². The smallest absolute Gasteiger partial charge is 0.464 e. The van der Waals surface area contributed by atoms with Gasteiger partial charge in [-0.2, -0.15) is 12.6 Å². The molecule has 5 heteroatoms. The van der Waals surface area contributed by atoms with Gasteiger partial charge in [-0.3, -0.25) is 0 Å². The number of furan rings is 1. The normalized spacial score (nSPS) is 20.8. The first-order valence-corrected chi connectivity index (χ1v) is 8.10. The summed E-state index contributed by atoms with van der Waals surface area (Å²) in [4.78, 5) is 0. The largest absolute Gasteiger partial charge is 0.491 e. The monoisotopic (exact) mass is 316 g/mol. The third-order valence-electron chi connectivity index (χ3n) is 4.59. The van der Waals surface area contributed by atoms with Gasteiger partial charge in [-0.25, -0.2) is 0 Å². The zero-order valence-corrected chi connectivity index (χ0v) is 14.3. The summed E-state index contributed by atoms with van der Waals surface area (Å²) in [5.41, 5.74) is 2.19. The van der Waals surface area contributed by atoms with E-state index in [0.29, 0.717) is 5.75 Å². The van der Waals surface area contributed by atoms with Crippen molar-refractivity contribution < 1.29 is 13.7 Å². The van der Waals surface area contributed by atoms with Crippen LogP contribution in [-0.2, 0) is 9.31 Å². The Bertz CT molecular complexity index is 702. The molecule has 0 amide bonds. The number of para-hydroxylation sites is 1. The maximum absolute atomic E-state index is 6.11. The van der Waals surface area contributed by atoms with Crippen LogP contribution in [0.4, 0.5) is 0 Å². The van der Waals surface area contributed by atoms with Gasteiger partial charge in [0.05, 0.1) is 17.5 Å². The second-order valence-electron chi connectivity index (χ2n) is 6.65. The number of fused-ring (bicyclic) bond motifs is 1. The highest BCUT2D eigenvalue weighted by molar-refractivity contribution is 7.80. The van der Waals surface area contributed by atoms with Gasteiger partial charge in [0.25, 0.3) is 0 Å². The number of hydrogen-bond donors (Lipinski definition) is 1. The molecule has 22 heavy (non-hydrogen) atoms. The molecule has 1 aromatic heterocycles. The first kappa shape index (κ1) is 15.7. The third-order valence-corrected chi connectivity index (χ3v) is 4.96. The van der Waals surface area contributed by atoms with Crippen molar-refractivity contribution in [1.29, 1.82) is 0 Å². The minimum Gasteiger partial charge on any atom is -0.464 e. The fourth-order valence-corrected chi connectivity index (χ4v) is 2.73. The Morgan fingerprint density at radius 1 is 1.14 bits per heavy atom. The molecule has 0 atom stereocenters. The van der Waals surface area contributed by atoms with Crippen molar-refractivity contribution in [1.82, 2.24) is 0 Å². The molecule has 0 radical (unpaired) electrons. The van der Waals surface area contributed by atoms with Gasteiger partial charge in [0, 0.05) is 16.7 Å². The van der Waals surface area contributed by atoms with Gasteiger partial charge in [-0.15, -0.1) is 0 Å². The average molecular weight is 316 g/mol. The molecule has 0 N–H and O–H groups in total. The SMILES string of the molecule is CC1(C)OB(C(=Cc2coc3ccccc23)CS)OC1(C)C. The summed E-state index contributed by atoms with van der Waals surface area (Å²) < 4.78 is 17.8. The summed E-state index contributed by atoms with van der Waals surface area (Å²) in [6, 6.07) is 7.98. The van der Waals surface area contributed by atoms with Gasteiger partial charge in [0.2, 0.25) is 0 Å². The molecule has 0 unspecified atom stereocenters. The van der Waals surface area contributed by atoms with Gasteiger partial charge < -0.3 is 13.7 Å². The predicted molar refractivity (Wildman–Crippen MR) is 94.1 cm³/mol. The Labute approximate surface area is 137 Å². The van der Waals surface area contributed by atoms with Crippen molar-refractivity contribution >= 4 is 36.8 Å². The molecule has 0 saturated carbocycles. The fraction of sp³-hybridized carbons (Fsp3) is 0.412. The van der Waals surface area contributed by atoms with E-state index in [2.05, 4.69) is 46.4 Å². The van der Waals surface area contributed by atoms with Crippen molar-refractivity contribution in [2.75, 3.05) is 5.75 Å². The van der Waals surface area contributed by atoms with Crippen LogP contribution in [0, 0.1) is 0 Å². The lowest BCUT2D eigenvalue weighted by Crippen LogP contribution is -2.41. The minimum absolute atomic E-state index is 0.349. The molecule has 0 spiro atoms. The lowest BCUT2D eigenvalue weighted by Gasteiger charge is -2.32. The highest BCUT2D eigenvalue weighted by Gasteiger charge is 2.52. The molecule has 0 aliphatic carbocycles. The summed E-state index contributed by atoms with van der Waals surface area (Å²) in [5, 5.41) is 1.08. The summed E-state index contributed by atoms with van der Waals surface area (Å²) >= 11 is 4.45. The van der Waals surface area contributed by atoms with Crippen LogP contribution < -0.4 is 0 Å².